The Morgan fingerprint density at radius 3 is 2.54 bits per heavy atom. The number of anilines is 1. The van der Waals surface area contributed by atoms with Crippen molar-refractivity contribution < 1.29 is 14.0 Å². The van der Waals surface area contributed by atoms with E-state index in [0.29, 0.717) is 6.54 Å². The summed E-state index contributed by atoms with van der Waals surface area (Å²) in [6, 6.07) is 18.5. The molecule has 2 amide bonds. The standard InChI is InChI=1S/C22H18FN3O2/c23-17-10-8-15(9-11-17)14-24-21(27)18-5-3-6-19(25-18)22(28)26-13-12-16-4-1-2-7-20(16)26/h1-11H,12-14H2,(H,24,27). The molecule has 2 heterocycles. The van der Waals surface area contributed by atoms with Crippen molar-refractivity contribution in [3.63, 3.8) is 0 Å². The van der Waals surface area contributed by atoms with Crippen molar-refractivity contribution in [2.45, 2.75) is 13.0 Å². The van der Waals surface area contributed by atoms with Crippen molar-refractivity contribution in [3.8, 4) is 0 Å². The lowest BCUT2D eigenvalue weighted by molar-refractivity contribution is 0.0945. The van der Waals surface area contributed by atoms with Crippen LogP contribution in [-0.2, 0) is 13.0 Å². The number of fused-ring (bicyclic) bond motifs is 1. The predicted octanol–water partition coefficient (Wildman–Crippen LogP) is 3.35. The fraction of sp³-hybridized carbons (Fsp3) is 0.136. The quantitative estimate of drug-likeness (QED) is 0.761. The van der Waals surface area contributed by atoms with Crippen molar-refractivity contribution in [2.24, 2.45) is 0 Å². The molecule has 140 valence electrons. The van der Waals surface area contributed by atoms with Crippen LogP contribution in [0.5, 0.6) is 0 Å². The monoisotopic (exact) mass is 375 g/mol. The zero-order valence-corrected chi connectivity index (χ0v) is 15.1. The normalized spacial score (nSPS) is 12.5. The van der Waals surface area contributed by atoms with Gasteiger partial charge in [-0.05, 0) is 47.9 Å². The third-order valence-electron chi connectivity index (χ3n) is 4.70. The highest BCUT2D eigenvalue weighted by atomic mass is 19.1. The molecule has 2 aromatic carbocycles. The molecule has 0 aliphatic carbocycles. The molecule has 5 nitrogen and oxygen atoms in total. The van der Waals surface area contributed by atoms with Crippen LogP contribution in [0.15, 0.2) is 66.7 Å². The van der Waals surface area contributed by atoms with E-state index in [1.165, 1.54) is 12.1 Å². The summed E-state index contributed by atoms with van der Waals surface area (Å²) in [5, 5.41) is 2.74. The fourth-order valence-corrected chi connectivity index (χ4v) is 3.24. The number of carbonyl (C=O) groups is 2. The van der Waals surface area contributed by atoms with Crippen molar-refractivity contribution in [1.82, 2.24) is 10.3 Å². The van der Waals surface area contributed by atoms with Crippen LogP contribution in [0.3, 0.4) is 0 Å². The van der Waals surface area contributed by atoms with Crippen molar-refractivity contribution >= 4 is 17.5 Å². The average Bonchev–Trinajstić information content (AvgIpc) is 3.17. The topological polar surface area (TPSA) is 62.3 Å². The molecule has 3 aromatic rings. The van der Waals surface area contributed by atoms with Crippen LogP contribution < -0.4 is 10.2 Å². The second-order valence-corrected chi connectivity index (χ2v) is 6.55. The van der Waals surface area contributed by atoms with Gasteiger partial charge in [-0.3, -0.25) is 9.59 Å². The van der Waals surface area contributed by atoms with E-state index in [1.807, 2.05) is 24.3 Å². The van der Waals surface area contributed by atoms with Gasteiger partial charge in [-0.15, -0.1) is 0 Å². The summed E-state index contributed by atoms with van der Waals surface area (Å²) in [6.45, 7) is 0.847. The van der Waals surface area contributed by atoms with Crippen molar-refractivity contribution in [1.29, 1.82) is 0 Å². The predicted molar refractivity (Wildman–Crippen MR) is 104 cm³/mol. The number of halogens is 1. The number of para-hydroxylation sites is 1. The first-order valence-electron chi connectivity index (χ1n) is 9.01. The van der Waals surface area contributed by atoms with E-state index in [-0.39, 0.29) is 35.6 Å². The first-order chi connectivity index (χ1) is 13.6. The molecule has 0 saturated carbocycles. The molecule has 0 radical (unpaired) electrons. The van der Waals surface area contributed by atoms with E-state index in [0.717, 1.165) is 23.2 Å². The third-order valence-corrected chi connectivity index (χ3v) is 4.70. The van der Waals surface area contributed by atoms with Gasteiger partial charge in [-0.2, -0.15) is 0 Å². The highest BCUT2D eigenvalue weighted by Gasteiger charge is 2.26. The Bertz CT molecular complexity index is 1030. The molecule has 0 saturated heterocycles. The maximum absolute atomic E-state index is 13.0. The Hall–Kier alpha value is -3.54. The minimum Gasteiger partial charge on any atom is -0.347 e. The summed E-state index contributed by atoms with van der Waals surface area (Å²) >= 11 is 0. The number of nitrogens with zero attached hydrogens (tertiary/aromatic N) is 2. The highest BCUT2D eigenvalue weighted by Crippen LogP contribution is 2.28. The third kappa shape index (κ3) is 3.62. The zero-order chi connectivity index (χ0) is 19.5. The summed E-state index contributed by atoms with van der Waals surface area (Å²) in [5.74, 6) is -0.939. The number of rotatable bonds is 4. The number of hydrogen-bond donors (Lipinski definition) is 1. The van der Waals surface area contributed by atoms with Gasteiger partial charge in [0, 0.05) is 18.8 Å². The van der Waals surface area contributed by atoms with E-state index in [1.54, 1.807) is 35.2 Å². The Morgan fingerprint density at radius 2 is 1.71 bits per heavy atom. The second-order valence-electron chi connectivity index (χ2n) is 6.55. The molecular weight excluding hydrogens is 357 g/mol. The van der Waals surface area contributed by atoms with Gasteiger partial charge in [0.15, 0.2) is 0 Å². The summed E-state index contributed by atoms with van der Waals surface area (Å²) < 4.78 is 13.0. The minimum absolute atomic E-state index is 0.167. The summed E-state index contributed by atoms with van der Waals surface area (Å²) in [5.41, 5.74) is 3.19. The van der Waals surface area contributed by atoms with E-state index >= 15 is 0 Å². The first kappa shape index (κ1) is 17.9. The molecule has 0 spiro atoms. The summed E-state index contributed by atoms with van der Waals surface area (Å²) in [7, 11) is 0. The SMILES string of the molecule is O=C(NCc1ccc(F)cc1)c1cccc(C(=O)N2CCc3ccccc32)n1. The lowest BCUT2D eigenvalue weighted by Gasteiger charge is -2.17. The van der Waals surface area contributed by atoms with Gasteiger partial charge in [0.25, 0.3) is 11.8 Å². The van der Waals surface area contributed by atoms with Crippen LogP contribution in [0.2, 0.25) is 0 Å². The van der Waals surface area contributed by atoms with Crippen molar-refractivity contribution in [2.75, 3.05) is 11.4 Å². The average molecular weight is 375 g/mol. The molecular formula is C22H18FN3O2. The van der Waals surface area contributed by atoms with Crippen molar-refractivity contribution in [3.05, 3.63) is 95.1 Å². The van der Waals surface area contributed by atoms with E-state index < -0.39 is 0 Å². The Kier molecular flexibility index (Phi) is 4.85. The van der Waals surface area contributed by atoms with Crippen LogP contribution in [0.1, 0.15) is 32.1 Å². The Morgan fingerprint density at radius 1 is 0.964 bits per heavy atom. The van der Waals surface area contributed by atoms with E-state index in [9.17, 15) is 14.0 Å². The summed E-state index contributed by atoms with van der Waals surface area (Å²) in [4.78, 5) is 31.2. The number of aromatic nitrogens is 1. The molecule has 1 N–H and O–H groups in total. The number of pyridine rings is 1. The Labute approximate surface area is 161 Å². The number of nitrogens with one attached hydrogen (secondary N) is 1. The Balaban J connectivity index is 1.47. The van der Waals surface area contributed by atoms with Crippen LogP contribution in [0.25, 0.3) is 0 Å². The number of benzene rings is 2. The first-order valence-corrected chi connectivity index (χ1v) is 9.01. The van der Waals surface area contributed by atoms with Crippen LogP contribution in [0, 0.1) is 5.82 Å². The molecule has 0 unspecified atom stereocenters. The fourth-order valence-electron chi connectivity index (χ4n) is 3.24. The molecule has 6 heteroatoms. The largest absolute Gasteiger partial charge is 0.347 e. The van der Waals surface area contributed by atoms with Gasteiger partial charge in [0.05, 0.1) is 0 Å². The smallest absolute Gasteiger partial charge is 0.276 e. The van der Waals surface area contributed by atoms with Gasteiger partial charge in [0.1, 0.15) is 17.2 Å². The zero-order valence-electron chi connectivity index (χ0n) is 15.1. The molecule has 0 atom stereocenters. The number of amides is 2. The lowest BCUT2D eigenvalue weighted by Crippen LogP contribution is -2.31. The second kappa shape index (κ2) is 7.60. The van der Waals surface area contributed by atoms with E-state index in [4.69, 9.17) is 0 Å². The maximum atomic E-state index is 13.0. The highest BCUT2D eigenvalue weighted by molar-refractivity contribution is 6.06. The van der Waals surface area contributed by atoms with Gasteiger partial charge in [-0.25, -0.2) is 9.37 Å². The van der Waals surface area contributed by atoms with Gasteiger partial charge in [-0.1, -0.05) is 36.4 Å². The van der Waals surface area contributed by atoms with Crippen LogP contribution in [-0.4, -0.2) is 23.3 Å². The molecule has 0 fully saturated rings. The maximum Gasteiger partial charge on any atom is 0.276 e. The van der Waals surface area contributed by atoms with Crippen LogP contribution >= 0.6 is 0 Å². The molecule has 4 rings (SSSR count). The lowest BCUT2D eigenvalue weighted by atomic mass is 10.2. The van der Waals surface area contributed by atoms with Crippen LogP contribution in [0.4, 0.5) is 10.1 Å². The molecule has 28 heavy (non-hydrogen) atoms. The number of hydrogen-bond acceptors (Lipinski definition) is 3. The molecule has 1 aliphatic rings. The van der Waals surface area contributed by atoms with Gasteiger partial charge < -0.3 is 10.2 Å². The van der Waals surface area contributed by atoms with E-state index in [2.05, 4.69) is 10.3 Å². The minimum atomic E-state index is -0.388. The van der Waals surface area contributed by atoms with Gasteiger partial charge in [0.2, 0.25) is 0 Å². The molecule has 1 aromatic heterocycles. The number of carbonyl (C=O) groups excluding carboxylic acids is 2. The van der Waals surface area contributed by atoms with Gasteiger partial charge >= 0.3 is 0 Å². The molecule has 1 aliphatic heterocycles. The summed E-state index contributed by atoms with van der Waals surface area (Å²) in [6.07, 6.45) is 0.805. The molecule has 0 bridgehead atoms.